The minimum Gasteiger partial charge on any atom is -0.462 e. The van der Waals surface area contributed by atoms with Crippen LogP contribution in [-0.4, -0.2) is 42.5 Å². The quantitative estimate of drug-likeness (QED) is 0.810. The highest BCUT2D eigenvalue weighted by Crippen LogP contribution is 2.29. The molecule has 0 aromatic carbocycles. The molecule has 9 heteroatoms. The van der Waals surface area contributed by atoms with Crippen LogP contribution in [0.25, 0.3) is 0 Å². The summed E-state index contributed by atoms with van der Waals surface area (Å²) in [7, 11) is -2.43. The van der Waals surface area contributed by atoms with Gasteiger partial charge in [-0.3, -0.25) is 5.10 Å². The van der Waals surface area contributed by atoms with Gasteiger partial charge in [0.15, 0.2) is 5.03 Å². The number of H-pyrrole nitrogens is 1. The Bertz CT molecular complexity index is 737. The SMILES string of the molecule is CCOC(=O)c1cn[nH]c1S(=O)(=O)N(C)C(C)c1cccs1. The van der Waals surface area contributed by atoms with E-state index in [-0.39, 0.29) is 23.2 Å². The van der Waals surface area contributed by atoms with Crippen molar-refractivity contribution in [2.45, 2.75) is 24.9 Å². The van der Waals surface area contributed by atoms with Crippen molar-refractivity contribution in [3.05, 3.63) is 34.2 Å². The number of aromatic amines is 1. The Kier molecular flexibility index (Phi) is 4.99. The Hall–Kier alpha value is -1.71. The molecule has 0 bridgehead atoms. The van der Waals surface area contributed by atoms with Crippen molar-refractivity contribution in [3.63, 3.8) is 0 Å². The molecular weight excluding hydrogens is 326 g/mol. The van der Waals surface area contributed by atoms with Gasteiger partial charge < -0.3 is 4.74 Å². The summed E-state index contributed by atoms with van der Waals surface area (Å²) in [6, 6.07) is 3.36. The standard InChI is InChI=1S/C13H17N3O4S2/c1-4-20-13(17)10-8-14-15-12(10)22(18,19)16(3)9(2)11-6-5-7-21-11/h5-9H,4H2,1-3H3,(H,14,15). The fraction of sp³-hybridized carbons (Fsp3) is 0.385. The van der Waals surface area contributed by atoms with Gasteiger partial charge in [0.05, 0.1) is 18.8 Å². The summed E-state index contributed by atoms with van der Waals surface area (Å²) in [4.78, 5) is 12.7. The molecule has 1 unspecified atom stereocenters. The summed E-state index contributed by atoms with van der Waals surface area (Å²) >= 11 is 1.47. The topological polar surface area (TPSA) is 92.4 Å². The maximum atomic E-state index is 12.7. The third kappa shape index (κ3) is 3.06. The van der Waals surface area contributed by atoms with Crippen molar-refractivity contribution in [2.75, 3.05) is 13.7 Å². The van der Waals surface area contributed by atoms with E-state index in [1.807, 2.05) is 17.5 Å². The first kappa shape index (κ1) is 16.7. The molecule has 0 aliphatic rings. The molecule has 0 amide bonds. The number of aromatic nitrogens is 2. The summed E-state index contributed by atoms with van der Waals surface area (Å²) in [6.45, 7) is 3.59. The molecule has 1 atom stereocenters. The zero-order valence-electron chi connectivity index (χ0n) is 12.4. The van der Waals surface area contributed by atoms with E-state index in [9.17, 15) is 13.2 Å². The smallest absolute Gasteiger partial charge is 0.342 e. The highest BCUT2D eigenvalue weighted by molar-refractivity contribution is 7.89. The first-order valence-electron chi connectivity index (χ1n) is 6.61. The van der Waals surface area contributed by atoms with Crippen LogP contribution in [0.4, 0.5) is 0 Å². The van der Waals surface area contributed by atoms with E-state index in [1.54, 1.807) is 13.8 Å². The predicted octanol–water partition coefficient (Wildman–Crippen LogP) is 2.03. The number of rotatable bonds is 6. The van der Waals surface area contributed by atoms with E-state index in [2.05, 4.69) is 10.2 Å². The average Bonchev–Trinajstić information content (AvgIpc) is 3.16. The van der Waals surface area contributed by atoms with Gasteiger partial charge in [-0.25, -0.2) is 13.2 Å². The molecule has 0 saturated carbocycles. The molecule has 2 aromatic heterocycles. The van der Waals surface area contributed by atoms with Crippen molar-refractivity contribution >= 4 is 27.3 Å². The van der Waals surface area contributed by atoms with Gasteiger partial charge in [0, 0.05) is 11.9 Å². The van der Waals surface area contributed by atoms with Gasteiger partial charge in [-0.1, -0.05) is 6.07 Å². The summed E-state index contributed by atoms with van der Waals surface area (Å²) in [6.07, 6.45) is 1.16. The molecule has 0 aliphatic carbocycles. The van der Waals surface area contributed by atoms with Crippen molar-refractivity contribution in [3.8, 4) is 0 Å². The van der Waals surface area contributed by atoms with E-state index < -0.39 is 16.0 Å². The van der Waals surface area contributed by atoms with Gasteiger partial charge in [-0.2, -0.15) is 9.40 Å². The lowest BCUT2D eigenvalue weighted by atomic mass is 10.3. The first-order chi connectivity index (χ1) is 10.4. The number of nitrogens with zero attached hydrogens (tertiary/aromatic N) is 2. The lowest BCUT2D eigenvalue weighted by Crippen LogP contribution is -2.30. The number of thiophene rings is 1. The van der Waals surface area contributed by atoms with Crippen LogP contribution >= 0.6 is 11.3 Å². The van der Waals surface area contributed by atoms with Gasteiger partial charge in [0.1, 0.15) is 5.56 Å². The van der Waals surface area contributed by atoms with Crippen LogP contribution in [0, 0.1) is 0 Å². The molecule has 0 saturated heterocycles. The van der Waals surface area contributed by atoms with Crippen molar-refractivity contribution in [1.29, 1.82) is 0 Å². The maximum absolute atomic E-state index is 12.7. The number of hydrogen-bond donors (Lipinski definition) is 1. The molecule has 1 N–H and O–H groups in total. The van der Waals surface area contributed by atoms with Crippen molar-refractivity contribution < 1.29 is 17.9 Å². The Balaban J connectivity index is 2.35. The number of nitrogens with one attached hydrogen (secondary N) is 1. The molecule has 22 heavy (non-hydrogen) atoms. The molecule has 2 heterocycles. The van der Waals surface area contributed by atoms with Crippen LogP contribution in [0.2, 0.25) is 0 Å². The lowest BCUT2D eigenvalue weighted by molar-refractivity contribution is 0.0521. The van der Waals surface area contributed by atoms with Crippen molar-refractivity contribution in [2.24, 2.45) is 0 Å². The Morgan fingerprint density at radius 1 is 1.55 bits per heavy atom. The summed E-state index contributed by atoms with van der Waals surface area (Å²) in [5.74, 6) is -0.716. The summed E-state index contributed by atoms with van der Waals surface area (Å²) in [5.41, 5.74) is -0.0907. The summed E-state index contributed by atoms with van der Waals surface area (Å²) < 4.78 is 31.5. The number of carbonyl (C=O) groups excluding carboxylic acids is 1. The van der Waals surface area contributed by atoms with E-state index >= 15 is 0 Å². The normalized spacial score (nSPS) is 13.3. The molecule has 0 radical (unpaired) electrons. The highest BCUT2D eigenvalue weighted by Gasteiger charge is 2.32. The number of sulfonamides is 1. The predicted molar refractivity (Wildman–Crippen MR) is 82.2 cm³/mol. The van der Waals surface area contributed by atoms with Crippen molar-refractivity contribution in [1.82, 2.24) is 14.5 Å². The monoisotopic (exact) mass is 343 g/mol. The largest absolute Gasteiger partial charge is 0.462 e. The van der Waals surface area contributed by atoms with E-state index in [4.69, 9.17) is 4.74 Å². The van der Waals surface area contributed by atoms with E-state index in [0.29, 0.717) is 0 Å². The zero-order chi connectivity index (χ0) is 16.3. The fourth-order valence-corrected chi connectivity index (χ4v) is 4.18. The lowest BCUT2D eigenvalue weighted by Gasteiger charge is -2.23. The van der Waals surface area contributed by atoms with Crippen LogP contribution < -0.4 is 0 Å². The molecule has 120 valence electrons. The summed E-state index contributed by atoms with van der Waals surface area (Å²) in [5, 5.41) is 7.69. The maximum Gasteiger partial charge on any atom is 0.342 e. The van der Waals surface area contributed by atoms with Gasteiger partial charge >= 0.3 is 5.97 Å². The molecular formula is C13H17N3O4S2. The third-order valence-electron chi connectivity index (χ3n) is 3.24. The minimum absolute atomic E-state index is 0.0907. The number of hydrogen-bond acceptors (Lipinski definition) is 6. The van der Waals surface area contributed by atoms with Gasteiger partial charge in [-0.15, -0.1) is 11.3 Å². The Morgan fingerprint density at radius 3 is 2.86 bits per heavy atom. The molecule has 0 aliphatic heterocycles. The van der Waals surface area contributed by atoms with Crippen LogP contribution in [0.5, 0.6) is 0 Å². The molecule has 0 spiro atoms. The van der Waals surface area contributed by atoms with Gasteiger partial charge in [0.2, 0.25) is 0 Å². The van der Waals surface area contributed by atoms with E-state index in [0.717, 1.165) is 11.1 Å². The molecule has 2 aromatic rings. The second-order valence-electron chi connectivity index (χ2n) is 4.55. The van der Waals surface area contributed by atoms with Crippen LogP contribution in [0.1, 0.15) is 35.1 Å². The Morgan fingerprint density at radius 2 is 2.27 bits per heavy atom. The Labute approximate surface area is 133 Å². The zero-order valence-corrected chi connectivity index (χ0v) is 14.1. The average molecular weight is 343 g/mol. The second-order valence-corrected chi connectivity index (χ2v) is 7.46. The molecule has 2 rings (SSSR count). The molecule has 0 fully saturated rings. The fourth-order valence-electron chi connectivity index (χ4n) is 1.89. The van der Waals surface area contributed by atoms with Gasteiger partial charge in [0.25, 0.3) is 10.0 Å². The van der Waals surface area contributed by atoms with Crippen LogP contribution in [-0.2, 0) is 14.8 Å². The minimum atomic E-state index is -3.89. The third-order valence-corrected chi connectivity index (χ3v) is 6.18. The van der Waals surface area contributed by atoms with Crippen LogP contribution in [0.15, 0.2) is 28.7 Å². The molecule has 7 nitrogen and oxygen atoms in total. The highest BCUT2D eigenvalue weighted by atomic mass is 32.2. The second kappa shape index (κ2) is 6.59. The number of ether oxygens (including phenoxy) is 1. The number of esters is 1. The van der Waals surface area contributed by atoms with Gasteiger partial charge in [-0.05, 0) is 25.3 Å². The first-order valence-corrected chi connectivity index (χ1v) is 8.93. The van der Waals surface area contributed by atoms with E-state index in [1.165, 1.54) is 22.7 Å². The number of carbonyl (C=O) groups is 1. The van der Waals surface area contributed by atoms with Crippen LogP contribution in [0.3, 0.4) is 0 Å².